The molecule has 0 aromatic heterocycles. The maximum atomic E-state index is 12.9. The number of hydrogen-bond donors (Lipinski definition) is 0. The SMILES string of the molecule is CC/C=C\C/C=C\C/C=C\C/C=C\C/C=C\C/C=C\C/C=C\C/C=C\C/C=C\CCCC(=O)OCC(COC(=O)CCCCCCC/C=C\CCCCCC)OC(=O)CCCCCC/C=C\C/C=C\C/C=C\C/C=C\CC. The van der Waals surface area contributed by atoms with Crippen LogP contribution in [0.3, 0.4) is 0 Å². The molecular formula is C71H110O6. The summed E-state index contributed by atoms with van der Waals surface area (Å²) in [6.45, 7) is 6.30. The first-order valence-corrected chi connectivity index (χ1v) is 30.6. The Morgan fingerprint density at radius 1 is 0.273 bits per heavy atom. The summed E-state index contributed by atoms with van der Waals surface area (Å²) in [4.78, 5) is 38.2. The fourth-order valence-corrected chi connectivity index (χ4v) is 7.66. The molecule has 0 amide bonds. The first-order valence-electron chi connectivity index (χ1n) is 30.6. The highest BCUT2D eigenvalue weighted by atomic mass is 16.6. The Hall–Kier alpha value is -5.23. The molecule has 0 N–H and O–H groups in total. The number of carbonyl (C=O) groups is 3. The van der Waals surface area contributed by atoms with Crippen molar-refractivity contribution in [2.75, 3.05) is 13.2 Å². The monoisotopic (exact) mass is 1060 g/mol. The maximum absolute atomic E-state index is 12.9. The number of rotatable bonds is 53. The van der Waals surface area contributed by atoms with Crippen molar-refractivity contribution in [2.24, 2.45) is 0 Å². The third-order valence-corrected chi connectivity index (χ3v) is 12.2. The number of unbranched alkanes of at least 4 members (excludes halogenated alkanes) is 14. The van der Waals surface area contributed by atoms with Gasteiger partial charge in [0, 0.05) is 19.3 Å². The lowest BCUT2D eigenvalue weighted by Crippen LogP contribution is -2.30. The molecule has 430 valence electrons. The molecule has 0 saturated heterocycles. The lowest BCUT2D eigenvalue weighted by molar-refractivity contribution is -0.167. The van der Waals surface area contributed by atoms with Gasteiger partial charge in [0.1, 0.15) is 13.2 Å². The van der Waals surface area contributed by atoms with Gasteiger partial charge in [0.25, 0.3) is 0 Å². The predicted octanol–water partition coefficient (Wildman–Crippen LogP) is 21.1. The topological polar surface area (TPSA) is 78.9 Å². The molecule has 6 nitrogen and oxygen atoms in total. The van der Waals surface area contributed by atoms with Gasteiger partial charge in [-0.05, 0) is 148 Å². The molecule has 0 heterocycles. The van der Waals surface area contributed by atoms with Gasteiger partial charge in [-0.25, -0.2) is 0 Å². The van der Waals surface area contributed by atoms with Crippen LogP contribution in [0.4, 0.5) is 0 Å². The lowest BCUT2D eigenvalue weighted by atomic mass is 10.1. The summed E-state index contributed by atoms with van der Waals surface area (Å²) in [6, 6.07) is 0. The van der Waals surface area contributed by atoms with Crippen LogP contribution in [-0.2, 0) is 28.6 Å². The summed E-state index contributed by atoms with van der Waals surface area (Å²) in [6.07, 6.45) is 93.6. The molecular weight excluding hydrogens is 949 g/mol. The van der Waals surface area contributed by atoms with Gasteiger partial charge in [0.2, 0.25) is 0 Å². The maximum Gasteiger partial charge on any atom is 0.306 e. The second kappa shape index (κ2) is 63.3. The van der Waals surface area contributed by atoms with Crippen LogP contribution in [0.25, 0.3) is 0 Å². The minimum atomic E-state index is -0.827. The summed E-state index contributed by atoms with van der Waals surface area (Å²) < 4.78 is 16.8. The molecule has 0 bridgehead atoms. The van der Waals surface area contributed by atoms with E-state index in [-0.39, 0.29) is 44.0 Å². The van der Waals surface area contributed by atoms with Crippen LogP contribution in [0.1, 0.15) is 239 Å². The van der Waals surface area contributed by atoms with E-state index in [1.54, 1.807) is 0 Å². The van der Waals surface area contributed by atoms with Crippen molar-refractivity contribution in [3.05, 3.63) is 170 Å². The minimum Gasteiger partial charge on any atom is -0.462 e. The van der Waals surface area contributed by atoms with Gasteiger partial charge >= 0.3 is 17.9 Å². The van der Waals surface area contributed by atoms with E-state index in [4.69, 9.17) is 14.2 Å². The van der Waals surface area contributed by atoms with E-state index in [2.05, 4.69) is 191 Å². The molecule has 0 aliphatic rings. The number of allylic oxidation sites excluding steroid dienone is 28. The number of hydrogen-bond acceptors (Lipinski definition) is 6. The van der Waals surface area contributed by atoms with Gasteiger partial charge < -0.3 is 14.2 Å². The van der Waals surface area contributed by atoms with Gasteiger partial charge in [-0.2, -0.15) is 0 Å². The second-order valence-electron chi connectivity index (χ2n) is 19.5. The normalized spacial score (nSPS) is 13.3. The van der Waals surface area contributed by atoms with E-state index in [9.17, 15) is 14.4 Å². The van der Waals surface area contributed by atoms with Crippen molar-refractivity contribution in [1.29, 1.82) is 0 Å². The quantitative estimate of drug-likeness (QED) is 0.0261. The van der Waals surface area contributed by atoms with E-state index >= 15 is 0 Å². The van der Waals surface area contributed by atoms with Crippen molar-refractivity contribution in [2.45, 2.75) is 245 Å². The number of carbonyl (C=O) groups excluding carboxylic acids is 3. The first kappa shape index (κ1) is 71.8. The fraction of sp³-hybridized carbons (Fsp3) is 0.563. The summed E-state index contributed by atoms with van der Waals surface area (Å²) in [5, 5.41) is 0. The molecule has 6 heteroatoms. The molecule has 0 saturated carbocycles. The van der Waals surface area contributed by atoms with Crippen LogP contribution >= 0.6 is 0 Å². The highest BCUT2D eigenvalue weighted by Gasteiger charge is 2.19. The van der Waals surface area contributed by atoms with Crippen molar-refractivity contribution in [1.82, 2.24) is 0 Å². The van der Waals surface area contributed by atoms with Crippen molar-refractivity contribution in [3.63, 3.8) is 0 Å². The lowest BCUT2D eigenvalue weighted by Gasteiger charge is -2.18. The van der Waals surface area contributed by atoms with Gasteiger partial charge in [0.15, 0.2) is 6.10 Å². The highest BCUT2D eigenvalue weighted by molar-refractivity contribution is 5.71. The summed E-state index contributed by atoms with van der Waals surface area (Å²) in [5.41, 5.74) is 0. The molecule has 0 spiro atoms. The van der Waals surface area contributed by atoms with Crippen LogP contribution in [0.2, 0.25) is 0 Å². The van der Waals surface area contributed by atoms with E-state index in [1.807, 2.05) is 0 Å². The van der Waals surface area contributed by atoms with E-state index in [0.29, 0.717) is 12.8 Å². The van der Waals surface area contributed by atoms with Crippen LogP contribution in [-0.4, -0.2) is 37.2 Å². The van der Waals surface area contributed by atoms with E-state index in [0.717, 1.165) is 154 Å². The standard InChI is InChI=1S/C71H110O6/c1-4-7-10-13-16-19-22-25-27-29-30-31-32-33-34-35-36-37-38-39-40-42-43-46-49-52-55-58-61-64-70(73)76-67-68(66-75-69(72)63-60-57-54-51-48-45-24-21-18-15-12-9-6-3)77-71(74)65-62-59-56-53-50-47-44-41-28-26-23-20-17-14-11-8-5-2/h7-8,10-11,16-17,19-21,24-28,30-31,33-34,36-37,39-40,43-44,46-47,52,55,68H,4-6,9,12-15,18,22-23,29,32,35,38,41-42,45,48-51,53-54,56-67H2,1-3H3/b10-7-,11-8-,19-16-,20-17-,24-21-,27-25-,28-26-,31-30-,34-33-,37-36-,40-39-,46-43-,47-44-,55-52-. The Kier molecular flexibility index (Phi) is 59.0. The molecule has 0 rings (SSSR count). The third-order valence-electron chi connectivity index (χ3n) is 12.2. The molecule has 1 unspecified atom stereocenters. The molecule has 0 radical (unpaired) electrons. The van der Waals surface area contributed by atoms with Crippen molar-refractivity contribution < 1.29 is 28.6 Å². The van der Waals surface area contributed by atoms with Gasteiger partial charge in [-0.3, -0.25) is 14.4 Å². The average Bonchev–Trinajstić information content (AvgIpc) is 3.43. The molecule has 1 atom stereocenters. The van der Waals surface area contributed by atoms with E-state index in [1.165, 1.54) is 38.5 Å². The average molecular weight is 1060 g/mol. The predicted molar refractivity (Wildman–Crippen MR) is 334 cm³/mol. The Morgan fingerprint density at radius 2 is 0.519 bits per heavy atom. The Labute approximate surface area is 472 Å². The van der Waals surface area contributed by atoms with Gasteiger partial charge in [0.05, 0.1) is 0 Å². The molecule has 0 aliphatic heterocycles. The second-order valence-corrected chi connectivity index (χ2v) is 19.5. The summed E-state index contributed by atoms with van der Waals surface area (Å²) >= 11 is 0. The molecule has 0 aliphatic carbocycles. The van der Waals surface area contributed by atoms with Gasteiger partial charge in [-0.15, -0.1) is 0 Å². The number of esters is 3. The Balaban J connectivity index is 4.50. The van der Waals surface area contributed by atoms with Crippen molar-refractivity contribution >= 4 is 17.9 Å². The highest BCUT2D eigenvalue weighted by Crippen LogP contribution is 2.12. The van der Waals surface area contributed by atoms with Crippen LogP contribution in [0, 0.1) is 0 Å². The zero-order valence-corrected chi connectivity index (χ0v) is 49.1. The minimum absolute atomic E-state index is 0.118. The van der Waals surface area contributed by atoms with Crippen LogP contribution in [0.5, 0.6) is 0 Å². The Morgan fingerprint density at radius 3 is 0.857 bits per heavy atom. The largest absolute Gasteiger partial charge is 0.462 e. The summed E-state index contributed by atoms with van der Waals surface area (Å²) in [5.74, 6) is -1.02. The molecule has 0 aromatic carbocycles. The smallest absolute Gasteiger partial charge is 0.306 e. The number of ether oxygens (including phenoxy) is 3. The zero-order valence-electron chi connectivity index (χ0n) is 49.1. The van der Waals surface area contributed by atoms with Crippen molar-refractivity contribution in [3.8, 4) is 0 Å². The Bertz CT molecular complexity index is 1790. The van der Waals surface area contributed by atoms with Gasteiger partial charge in [-0.1, -0.05) is 242 Å². The summed E-state index contributed by atoms with van der Waals surface area (Å²) in [7, 11) is 0. The van der Waals surface area contributed by atoms with Crippen LogP contribution in [0.15, 0.2) is 170 Å². The van der Waals surface area contributed by atoms with Crippen LogP contribution < -0.4 is 0 Å². The third kappa shape index (κ3) is 61.5. The molecule has 0 fully saturated rings. The molecule has 0 aromatic rings. The zero-order chi connectivity index (χ0) is 55.7. The first-order chi connectivity index (χ1) is 38.0. The molecule has 77 heavy (non-hydrogen) atoms. The fourth-order valence-electron chi connectivity index (χ4n) is 7.66. The van der Waals surface area contributed by atoms with E-state index < -0.39 is 6.10 Å².